The molecule has 0 aromatic heterocycles. The predicted molar refractivity (Wildman–Crippen MR) is 104 cm³/mol. The van der Waals surface area contributed by atoms with E-state index in [-0.39, 0.29) is 0 Å². The Balaban J connectivity index is 1.42. The Morgan fingerprint density at radius 1 is 0.846 bits per heavy atom. The highest BCUT2D eigenvalue weighted by Gasteiger charge is 2.15. The molecule has 1 aliphatic heterocycles. The third-order valence-corrected chi connectivity index (χ3v) is 5.07. The third-order valence-electron chi connectivity index (χ3n) is 5.07. The van der Waals surface area contributed by atoms with Crippen LogP contribution in [0.1, 0.15) is 34.3 Å². The fourth-order valence-corrected chi connectivity index (χ4v) is 3.57. The van der Waals surface area contributed by atoms with Gasteiger partial charge in [0.2, 0.25) is 0 Å². The normalized spacial score (nSPS) is 16.3. The lowest BCUT2D eigenvalue weighted by atomic mass is 10.1. The maximum atomic E-state index is 10.9. The van der Waals surface area contributed by atoms with Crippen LogP contribution in [0.15, 0.2) is 54.6 Å². The molecule has 1 N–H and O–H groups in total. The van der Waals surface area contributed by atoms with Gasteiger partial charge in [0.15, 0.2) is 0 Å². The van der Waals surface area contributed by atoms with Crippen LogP contribution in [0.3, 0.4) is 0 Å². The molecule has 0 spiro atoms. The summed E-state index contributed by atoms with van der Waals surface area (Å²) in [5.41, 5.74) is 2.97. The van der Waals surface area contributed by atoms with E-state index in [1.54, 1.807) is 12.1 Å². The third kappa shape index (κ3) is 5.68. The number of carboxylic acids is 1. The van der Waals surface area contributed by atoms with E-state index in [9.17, 15) is 4.79 Å². The molecule has 4 nitrogen and oxygen atoms in total. The topological polar surface area (TPSA) is 43.8 Å². The van der Waals surface area contributed by atoms with Crippen LogP contribution in [0.25, 0.3) is 0 Å². The summed E-state index contributed by atoms with van der Waals surface area (Å²) in [6.07, 6.45) is 3.55. The van der Waals surface area contributed by atoms with E-state index >= 15 is 0 Å². The van der Waals surface area contributed by atoms with E-state index in [2.05, 4.69) is 40.1 Å². The number of aromatic carboxylic acids is 1. The summed E-state index contributed by atoms with van der Waals surface area (Å²) in [6.45, 7) is 6.53. The standard InChI is InChI=1S/C22H28N2O2/c25-22(26)21-11-9-20(10-12-21)18-24-15-5-14-23(16-17-24)13-4-8-19-6-2-1-3-7-19/h1-3,6-7,9-12H,4-5,8,13-18H2,(H,25,26). The lowest BCUT2D eigenvalue weighted by Crippen LogP contribution is -2.31. The zero-order chi connectivity index (χ0) is 18.2. The highest BCUT2D eigenvalue weighted by atomic mass is 16.4. The van der Waals surface area contributed by atoms with Gasteiger partial charge in [0.05, 0.1) is 5.56 Å². The highest BCUT2D eigenvalue weighted by molar-refractivity contribution is 5.87. The minimum Gasteiger partial charge on any atom is -0.478 e. The molecule has 138 valence electrons. The van der Waals surface area contributed by atoms with Gasteiger partial charge in [0.25, 0.3) is 0 Å². The second-order valence-corrected chi connectivity index (χ2v) is 7.06. The first-order valence-corrected chi connectivity index (χ1v) is 9.51. The fourth-order valence-electron chi connectivity index (χ4n) is 3.57. The van der Waals surface area contributed by atoms with Crippen LogP contribution in [0.2, 0.25) is 0 Å². The maximum absolute atomic E-state index is 10.9. The molecule has 2 aromatic rings. The van der Waals surface area contributed by atoms with Crippen LogP contribution in [-0.2, 0) is 13.0 Å². The second kappa shape index (κ2) is 9.51. The average molecular weight is 352 g/mol. The van der Waals surface area contributed by atoms with Crippen molar-refractivity contribution in [3.63, 3.8) is 0 Å². The van der Waals surface area contributed by atoms with Crippen molar-refractivity contribution in [2.75, 3.05) is 32.7 Å². The smallest absolute Gasteiger partial charge is 0.335 e. The van der Waals surface area contributed by atoms with E-state index in [4.69, 9.17) is 5.11 Å². The van der Waals surface area contributed by atoms with Crippen LogP contribution in [0, 0.1) is 0 Å². The first-order valence-electron chi connectivity index (χ1n) is 9.51. The summed E-state index contributed by atoms with van der Waals surface area (Å²) < 4.78 is 0. The lowest BCUT2D eigenvalue weighted by Gasteiger charge is -2.22. The fraction of sp³-hybridized carbons (Fsp3) is 0.409. The molecule has 0 amide bonds. The minimum atomic E-state index is -0.863. The molecule has 3 rings (SSSR count). The largest absolute Gasteiger partial charge is 0.478 e. The highest BCUT2D eigenvalue weighted by Crippen LogP contribution is 2.12. The Morgan fingerprint density at radius 2 is 1.54 bits per heavy atom. The van der Waals surface area contributed by atoms with Crippen molar-refractivity contribution in [3.05, 3.63) is 71.3 Å². The number of hydrogen-bond acceptors (Lipinski definition) is 3. The Bertz CT molecular complexity index is 685. The predicted octanol–water partition coefficient (Wildman–Crippen LogP) is 3.53. The van der Waals surface area contributed by atoms with E-state index in [0.29, 0.717) is 5.56 Å². The van der Waals surface area contributed by atoms with Crippen LogP contribution in [0.4, 0.5) is 0 Å². The van der Waals surface area contributed by atoms with Gasteiger partial charge in [-0.05, 0) is 62.2 Å². The van der Waals surface area contributed by atoms with Crippen LogP contribution < -0.4 is 0 Å². The molecule has 1 fully saturated rings. The average Bonchev–Trinajstić information content (AvgIpc) is 2.88. The summed E-state index contributed by atoms with van der Waals surface area (Å²) >= 11 is 0. The van der Waals surface area contributed by atoms with Crippen molar-refractivity contribution < 1.29 is 9.90 Å². The molecule has 0 aliphatic carbocycles. The van der Waals surface area contributed by atoms with Gasteiger partial charge in [-0.2, -0.15) is 0 Å². The Kier molecular flexibility index (Phi) is 6.81. The maximum Gasteiger partial charge on any atom is 0.335 e. The number of rotatable bonds is 7. The summed E-state index contributed by atoms with van der Waals surface area (Å²) in [7, 11) is 0. The first-order chi connectivity index (χ1) is 12.7. The van der Waals surface area contributed by atoms with Crippen LogP contribution in [-0.4, -0.2) is 53.6 Å². The lowest BCUT2D eigenvalue weighted by molar-refractivity contribution is 0.0697. The second-order valence-electron chi connectivity index (χ2n) is 7.06. The zero-order valence-corrected chi connectivity index (χ0v) is 15.3. The molecule has 26 heavy (non-hydrogen) atoms. The van der Waals surface area contributed by atoms with Gasteiger partial charge in [-0.25, -0.2) is 4.79 Å². The number of carbonyl (C=O) groups is 1. The molecule has 0 unspecified atom stereocenters. The molecule has 0 bridgehead atoms. The Morgan fingerprint density at radius 3 is 2.27 bits per heavy atom. The quantitative estimate of drug-likeness (QED) is 0.828. The number of carboxylic acid groups (broad SMARTS) is 1. The zero-order valence-electron chi connectivity index (χ0n) is 15.3. The molecule has 0 saturated carbocycles. The van der Waals surface area contributed by atoms with Gasteiger partial charge in [0.1, 0.15) is 0 Å². The monoisotopic (exact) mass is 352 g/mol. The summed E-state index contributed by atoms with van der Waals surface area (Å²) in [6, 6.07) is 18.0. The Labute approximate surface area is 156 Å². The first kappa shape index (κ1) is 18.6. The molecule has 4 heteroatoms. The molecule has 0 radical (unpaired) electrons. The molecule has 1 saturated heterocycles. The number of hydrogen-bond donors (Lipinski definition) is 1. The van der Waals surface area contributed by atoms with Crippen molar-refractivity contribution in [1.82, 2.24) is 9.80 Å². The molecule has 1 heterocycles. The summed E-state index contributed by atoms with van der Waals surface area (Å²) in [5, 5.41) is 8.99. The molecule has 2 aromatic carbocycles. The van der Waals surface area contributed by atoms with Crippen LogP contribution >= 0.6 is 0 Å². The van der Waals surface area contributed by atoms with E-state index in [1.807, 2.05) is 12.1 Å². The van der Waals surface area contributed by atoms with Gasteiger partial charge in [-0.1, -0.05) is 42.5 Å². The van der Waals surface area contributed by atoms with Gasteiger partial charge in [0, 0.05) is 19.6 Å². The van der Waals surface area contributed by atoms with Gasteiger partial charge < -0.3 is 10.0 Å². The van der Waals surface area contributed by atoms with E-state index in [0.717, 1.165) is 39.1 Å². The van der Waals surface area contributed by atoms with Gasteiger partial charge in [-0.15, -0.1) is 0 Å². The number of benzene rings is 2. The van der Waals surface area contributed by atoms with E-state index in [1.165, 1.54) is 30.5 Å². The summed E-state index contributed by atoms with van der Waals surface area (Å²) in [5.74, 6) is -0.863. The van der Waals surface area contributed by atoms with Crippen molar-refractivity contribution in [2.24, 2.45) is 0 Å². The van der Waals surface area contributed by atoms with Crippen LogP contribution in [0.5, 0.6) is 0 Å². The number of aryl methyl sites for hydroxylation is 1. The molecule has 1 aliphatic rings. The van der Waals surface area contributed by atoms with Crippen molar-refractivity contribution in [1.29, 1.82) is 0 Å². The van der Waals surface area contributed by atoms with Gasteiger partial charge in [-0.3, -0.25) is 4.90 Å². The van der Waals surface area contributed by atoms with E-state index < -0.39 is 5.97 Å². The Hall–Kier alpha value is -2.17. The van der Waals surface area contributed by atoms with Gasteiger partial charge >= 0.3 is 5.97 Å². The molecular weight excluding hydrogens is 324 g/mol. The minimum absolute atomic E-state index is 0.356. The summed E-state index contributed by atoms with van der Waals surface area (Å²) in [4.78, 5) is 16.0. The molecule has 0 atom stereocenters. The van der Waals surface area contributed by atoms with Crippen molar-refractivity contribution in [2.45, 2.75) is 25.8 Å². The molecular formula is C22H28N2O2. The number of nitrogens with zero attached hydrogens (tertiary/aromatic N) is 2. The van der Waals surface area contributed by atoms with Crippen molar-refractivity contribution in [3.8, 4) is 0 Å². The SMILES string of the molecule is O=C(O)c1ccc(CN2CCCN(CCCc3ccccc3)CC2)cc1. The van der Waals surface area contributed by atoms with Crippen molar-refractivity contribution >= 4 is 5.97 Å².